The second kappa shape index (κ2) is 6.15. The van der Waals surface area contributed by atoms with Crippen LogP contribution in [0.2, 0.25) is 0 Å². The van der Waals surface area contributed by atoms with Gasteiger partial charge in [0.05, 0.1) is 11.1 Å². The average molecular weight is 314 g/mol. The van der Waals surface area contributed by atoms with Gasteiger partial charge in [0.25, 0.3) is 0 Å². The van der Waals surface area contributed by atoms with Crippen LogP contribution in [0.1, 0.15) is 6.92 Å². The van der Waals surface area contributed by atoms with Crippen molar-refractivity contribution >= 4 is 27.7 Å². The molecule has 1 saturated heterocycles. The lowest BCUT2D eigenvalue weighted by molar-refractivity contribution is -0.144. The number of anilines is 1. The van der Waals surface area contributed by atoms with E-state index in [0.717, 1.165) is 23.4 Å². The number of esters is 1. The van der Waals surface area contributed by atoms with Crippen molar-refractivity contribution in [2.24, 2.45) is 0 Å². The van der Waals surface area contributed by atoms with E-state index in [0.29, 0.717) is 13.2 Å². The van der Waals surface area contributed by atoms with Gasteiger partial charge in [-0.3, -0.25) is 0 Å². The van der Waals surface area contributed by atoms with Crippen LogP contribution in [0, 0.1) is 0 Å². The Hall–Kier alpha value is -1.14. The SMILES string of the molecule is CCOC(=O)C1CNCCN1c1ncccc1Br. The van der Waals surface area contributed by atoms with Crippen molar-refractivity contribution in [3.63, 3.8) is 0 Å². The van der Waals surface area contributed by atoms with Crippen LogP contribution in [0.5, 0.6) is 0 Å². The Morgan fingerprint density at radius 2 is 2.56 bits per heavy atom. The number of carbonyl (C=O) groups excluding carboxylic acids is 1. The maximum atomic E-state index is 11.9. The summed E-state index contributed by atoms with van der Waals surface area (Å²) in [5.74, 6) is 0.583. The number of rotatable bonds is 3. The molecule has 0 amide bonds. The van der Waals surface area contributed by atoms with Crippen molar-refractivity contribution in [1.29, 1.82) is 0 Å². The van der Waals surface area contributed by atoms with Gasteiger partial charge in [0, 0.05) is 25.8 Å². The second-order valence-corrected chi connectivity index (χ2v) is 4.83. The Morgan fingerprint density at radius 3 is 3.28 bits per heavy atom. The summed E-state index contributed by atoms with van der Waals surface area (Å²) in [4.78, 5) is 18.3. The molecule has 6 heteroatoms. The number of piperazine rings is 1. The summed E-state index contributed by atoms with van der Waals surface area (Å²) in [5.41, 5.74) is 0. The van der Waals surface area contributed by atoms with Crippen LogP contribution in [0.4, 0.5) is 5.82 Å². The molecule has 1 aromatic rings. The van der Waals surface area contributed by atoms with Crippen LogP contribution >= 0.6 is 15.9 Å². The molecule has 1 atom stereocenters. The number of ether oxygens (including phenoxy) is 1. The zero-order valence-electron chi connectivity index (χ0n) is 10.2. The summed E-state index contributed by atoms with van der Waals surface area (Å²) in [5, 5.41) is 3.21. The topological polar surface area (TPSA) is 54.5 Å². The van der Waals surface area contributed by atoms with E-state index in [9.17, 15) is 4.79 Å². The van der Waals surface area contributed by atoms with Gasteiger partial charge in [0.1, 0.15) is 11.9 Å². The summed E-state index contributed by atoms with van der Waals surface area (Å²) in [6, 6.07) is 3.46. The van der Waals surface area contributed by atoms with E-state index in [1.54, 1.807) is 6.20 Å². The van der Waals surface area contributed by atoms with Gasteiger partial charge in [0.15, 0.2) is 0 Å². The van der Waals surface area contributed by atoms with E-state index in [2.05, 4.69) is 26.2 Å². The van der Waals surface area contributed by atoms with Crippen LogP contribution in [-0.4, -0.2) is 43.2 Å². The highest BCUT2D eigenvalue weighted by Crippen LogP contribution is 2.25. The molecule has 1 aliphatic heterocycles. The highest BCUT2D eigenvalue weighted by atomic mass is 79.9. The number of hydrogen-bond acceptors (Lipinski definition) is 5. The molecule has 0 spiro atoms. The monoisotopic (exact) mass is 313 g/mol. The first-order valence-corrected chi connectivity index (χ1v) is 6.78. The zero-order chi connectivity index (χ0) is 13.0. The van der Waals surface area contributed by atoms with Gasteiger partial charge in [-0.05, 0) is 35.0 Å². The summed E-state index contributed by atoms with van der Waals surface area (Å²) in [7, 11) is 0. The van der Waals surface area contributed by atoms with Crippen molar-refractivity contribution in [2.75, 3.05) is 31.1 Å². The number of aromatic nitrogens is 1. The standard InChI is InChI=1S/C12H16BrN3O2/c1-2-18-12(17)10-8-14-6-7-16(10)11-9(13)4-3-5-15-11/h3-5,10,14H,2,6-8H2,1H3. The molecule has 98 valence electrons. The minimum absolute atomic E-state index is 0.206. The van der Waals surface area contributed by atoms with E-state index < -0.39 is 0 Å². The predicted octanol–water partition coefficient (Wildman–Crippen LogP) is 1.19. The van der Waals surface area contributed by atoms with E-state index in [1.165, 1.54) is 0 Å². The Labute approximate surface area is 115 Å². The Balaban J connectivity index is 2.23. The molecule has 1 aromatic heterocycles. The fraction of sp³-hybridized carbons (Fsp3) is 0.500. The van der Waals surface area contributed by atoms with E-state index in [1.807, 2.05) is 24.0 Å². The van der Waals surface area contributed by atoms with E-state index in [4.69, 9.17) is 4.74 Å². The molecule has 0 bridgehead atoms. The van der Waals surface area contributed by atoms with Gasteiger partial charge in [-0.1, -0.05) is 0 Å². The minimum Gasteiger partial charge on any atom is -0.464 e. The number of nitrogens with zero attached hydrogens (tertiary/aromatic N) is 2. The fourth-order valence-electron chi connectivity index (χ4n) is 2.00. The first-order chi connectivity index (χ1) is 8.74. The maximum Gasteiger partial charge on any atom is 0.330 e. The smallest absolute Gasteiger partial charge is 0.330 e. The molecule has 1 unspecified atom stereocenters. The van der Waals surface area contributed by atoms with Gasteiger partial charge >= 0.3 is 5.97 Å². The van der Waals surface area contributed by atoms with Crippen LogP contribution in [0.25, 0.3) is 0 Å². The molecule has 2 heterocycles. The molecule has 2 rings (SSSR count). The van der Waals surface area contributed by atoms with Crippen LogP contribution < -0.4 is 10.2 Å². The van der Waals surface area contributed by atoms with Crippen LogP contribution in [-0.2, 0) is 9.53 Å². The van der Waals surface area contributed by atoms with Crippen molar-refractivity contribution in [1.82, 2.24) is 10.3 Å². The number of halogens is 1. The third-order valence-electron chi connectivity index (χ3n) is 2.81. The third-order valence-corrected chi connectivity index (χ3v) is 3.43. The summed E-state index contributed by atoms with van der Waals surface area (Å²) < 4.78 is 6.00. The van der Waals surface area contributed by atoms with Gasteiger partial charge in [0.2, 0.25) is 0 Å². The van der Waals surface area contributed by atoms with Crippen molar-refractivity contribution in [2.45, 2.75) is 13.0 Å². The molecule has 1 N–H and O–H groups in total. The second-order valence-electron chi connectivity index (χ2n) is 3.97. The first-order valence-electron chi connectivity index (χ1n) is 5.98. The number of pyridine rings is 1. The molecule has 18 heavy (non-hydrogen) atoms. The Kier molecular flexibility index (Phi) is 4.54. The summed E-state index contributed by atoms with van der Waals surface area (Å²) in [6.45, 7) is 4.36. The van der Waals surface area contributed by atoms with Crippen LogP contribution in [0.15, 0.2) is 22.8 Å². The molecule has 1 fully saturated rings. The molecule has 0 aliphatic carbocycles. The summed E-state index contributed by atoms with van der Waals surface area (Å²) in [6.07, 6.45) is 1.73. The molecule has 0 radical (unpaired) electrons. The fourth-order valence-corrected chi connectivity index (χ4v) is 2.48. The van der Waals surface area contributed by atoms with Crippen LogP contribution in [0.3, 0.4) is 0 Å². The summed E-state index contributed by atoms with van der Waals surface area (Å²) >= 11 is 3.47. The molecule has 5 nitrogen and oxygen atoms in total. The molecule has 1 aliphatic rings. The Morgan fingerprint density at radius 1 is 1.72 bits per heavy atom. The van der Waals surface area contributed by atoms with E-state index >= 15 is 0 Å². The average Bonchev–Trinajstić information content (AvgIpc) is 2.40. The molecule has 0 saturated carbocycles. The predicted molar refractivity (Wildman–Crippen MR) is 72.6 cm³/mol. The van der Waals surface area contributed by atoms with Gasteiger partial charge in [-0.25, -0.2) is 9.78 Å². The zero-order valence-corrected chi connectivity index (χ0v) is 11.8. The van der Waals surface area contributed by atoms with E-state index in [-0.39, 0.29) is 12.0 Å². The van der Waals surface area contributed by atoms with Gasteiger partial charge < -0.3 is 15.0 Å². The Bertz CT molecular complexity index is 428. The maximum absolute atomic E-state index is 11.9. The normalized spacial score (nSPS) is 19.7. The van der Waals surface area contributed by atoms with Crippen molar-refractivity contribution in [3.05, 3.63) is 22.8 Å². The largest absolute Gasteiger partial charge is 0.464 e. The lowest BCUT2D eigenvalue weighted by Crippen LogP contribution is -2.56. The minimum atomic E-state index is -0.315. The molecule has 0 aromatic carbocycles. The lowest BCUT2D eigenvalue weighted by atomic mass is 10.2. The lowest BCUT2D eigenvalue weighted by Gasteiger charge is -2.35. The van der Waals surface area contributed by atoms with Crippen molar-refractivity contribution < 1.29 is 9.53 Å². The quantitative estimate of drug-likeness (QED) is 0.849. The molecular weight excluding hydrogens is 298 g/mol. The highest BCUT2D eigenvalue weighted by molar-refractivity contribution is 9.10. The highest BCUT2D eigenvalue weighted by Gasteiger charge is 2.31. The first kappa shape index (κ1) is 13.3. The number of hydrogen-bond donors (Lipinski definition) is 1. The third kappa shape index (κ3) is 2.81. The number of carbonyl (C=O) groups is 1. The number of nitrogens with one attached hydrogen (secondary N) is 1. The molecular formula is C12H16BrN3O2. The van der Waals surface area contributed by atoms with Crippen molar-refractivity contribution in [3.8, 4) is 0 Å². The van der Waals surface area contributed by atoms with Gasteiger partial charge in [-0.15, -0.1) is 0 Å². The van der Waals surface area contributed by atoms with Gasteiger partial charge in [-0.2, -0.15) is 0 Å².